The molecule has 0 radical (unpaired) electrons. The Hall–Kier alpha value is -2.79. The van der Waals surface area contributed by atoms with Gasteiger partial charge in [0.25, 0.3) is 0 Å². The van der Waals surface area contributed by atoms with Crippen molar-refractivity contribution in [2.24, 2.45) is 0 Å². The van der Waals surface area contributed by atoms with Crippen molar-refractivity contribution in [1.82, 2.24) is 10.3 Å². The number of methoxy groups -OCH3 is 1. The van der Waals surface area contributed by atoms with Gasteiger partial charge in [-0.3, -0.25) is 4.79 Å². The van der Waals surface area contributed by atoms with E-state index in [1.54, 1.807) is 25.4 Å². The van der Waals surface area contributed by atoms with Gasteiger partial charge in [0.05, 0.1) is 19.3 Å². The number of carbonyl (C=O) groups is 1. The number of aryl methyl sites for hydroxylation is 1. The molecule has 1 atom stereocenters. The van der Waals surface area contributed by atoms with E-state index in [1.807, 2.05) is 43.3 Å². The molecule has 146 valence electrons. The molecule has 0 aliphatic heterocycles. The highest BCUT2D eigenvalue weighted by Gasteiger charge is 2.14. The molecule has 0 fully saturated rings. The van der Waals surface area contributed by atoms with E-state index in [1.165, 1.54) is 0 Å². The molecule has 0 bridgehead atoms. The summed E-state index contributed by atoms with van der Waals surface area (Å²) in [6.07, 6.45) is 3.23. The number of ether oxygens (including phenoxy) is 1. The predicted octanol–water partition coefficient (Wildman–Crippen LogP) is 5.20. The van der Waals surface area contributed by atoms with Crippen LogP contribution in [0.5, 0.6) is 5.75 Å². The van der Waals surface area contributed by atoms with Crippen molar-refractivity contribution in [3.63, 3.8) is 0 Å². The minimum absolute atomic E-state index is 0.0334. The van der Waals surface area contributed by atoms with Crippen LogP contribution in [-0.2, 0) is 11.2 Å². The molecule has 1 N–H and O–H groups in total. The Balaban J connectivity index is 1.55. The first-order valence-corrected chi connectivity index (χ1v) is 9.60. The van der Waals surface area contributed by atoms with Gasteiger partial charge in [-0.05, 0) is 48.4 Å². The molecule has 0 aliphatic carbocycles. The molecule has 1 unspecified atom stereocenters. The number of nitrogens with zero attached hydrogens (tertiary/aromatic N) is 1. The number of rotatable bonds is 8. The summed E-state index contributed by atoms with van der Waals surface area (Å²) in [5.41, 5.74) is 1.95. The Morgan fingerprint density at radius 2 is 1.89 bits per heavy atom. The second-order valence-electron chi connectivity index (χ2n) is 6.43. The molecule has 0 aliphatic rings. The molecule has 0 saturated carbocycles. The monoisotopic (exact) mass is 398 g/mol. The second-order valence-corrected chi connectivity index (χ2v) is 6.86. The van der Waals surface area contributed by atoms with Crippen molar-refractivity contribution in [3.05, 3.63) is 71.2 Å². The lowest BCUT2D eigenvalue weighted by molar-refractivity contribution is -0.121. The Labute approximate surface area is 169 Å². The van der Waals surface area contributed by atoms with Gasteiger partial charge < -0.3 is 14.5 Å². The van der Waals surface area contributed by atoms with E-state index in [-0.39, 0.29) is 11.9 Å². The molecule has 1 amide bonds. The minimum atomic E-state index is -0.0346. The van der Waals surface area contributed by atoms with Crippen LogP contribution >= 0.6 is 11.6 Å². The first-order chi connectivity index (χ1) is 13.6. The van der Waals surface area contributed by atoms with Crippen LogP contribution in [0.25, 0.3) is 11.3 Å². The smallest absolute Gasteiger partial charge is 0.220 e. The van der Waals surface area contributed by atoms with Gasteiger partial charge in [0.15, 0.2) is 11.7 Å². The van der Waals surface area contributed by atoms with E-state index >= 15 is 0 Å². The standard InChI is InChI=1S/C22H23ClN2O3/c1-3-19(15-6-10-18(27-2)11-7-15)25-21(26)12-13-22-24-14-20(28-22)16-4-8-17(23)9-5-16/h4-11,14,19H,3,12-13H2,1-2H3,(H,25,26). The summed E-state index contributed by atoms with van der Waals surface area (Å²) >= 11 is 5.90. The van der Waals surface area contributed by atoms with Gasteiger partial charge in [0.2, 0.25) is 5.91 Å². The molecular formula is C22H23ClN2O3. The number of nitrogens with one attached hydrogen (secondary N) is 1. The number of hydrogen-bond donors (Lipinski definition) is 1. The third-order valence-corrected chi connectivity index (χ3v) is 4.76. The maximum absolute atomic E-state index is 12.4. The summed E-state index contributed by atoms with van der Waals surface area (Å²) in [6, 6.07) is 15.1. The van der Waals surface area contributed by atoms with E-state index in [4.69, 9.17) is 20.8 Å². The van der Waals surface area contributed by atoms with Gasteiger partial charge in [0, 0.05) is 23.4 Å². The van der Waals surface area contributed by atoms with E-state index in [0.717, 1.165) is 23.3 Å². The van der Waals surface area contributed by atoms with Crippen LogP contribution in [-0.4, -0.2) is 18.0 Å². The summed E-state index contributed by atoms with van der Waals surface area (Å²) in [7, 11) is 1.63. The summed E-state index contributed by atoms with van der Waals surface area (Å²) < 4.78 is 10.9. The van der Waals surface area contributed by atoms with E-state index in [2.05, 4.69) is 10.3 Å². The maximum Gasteiger partial charge on any atom is 0.220 e. The fourth-order valence-electron chi connectivity index (χ4n) is 2.92. The largest absolute Gasteiger partial charge is 0.497 e. The maximum atomic E-state index is 12.4. The Kier molecular flexibility index (Phi) is 6.71. The van der Waals surface area contributed by atoms with Gasteiger partial charge >= 0.3 is 0 Å². The highest BCUT2D eigenvalue weighted by molar-refractivity contribution is 6.30. The average molecular weight is 399 g/mol. The first kappa shape index (κ1) is 20.0. The summed E-state index contributed by atoms with van der Waals surface area (Å²) in [6.45, 7) is 2.04. The number of hydrogen-bond acceptors (Lipinski definition) is 4. The zero-order valence-corrected chi connectivity index (χ0v) is 16.7. The van der Waals surface area contributed by atoms with Crippen molar-refractivity contribution in [2.45, 2.75) is 32.2 Å². The number of carbonyl (C=O) groups excluding carboxylic acids is 1. The fourth-order valence-corrected chi connectivity index (χ4v) is 3.04. The highest BCUT2D eigenvalue weighted by atomic mass is 35.5. The van der Waals surface area contributed by atoms with E-state index < -0.39 is 0 Å². The third-order valence-electron chi connectivity index (χ3n) is 4.51. The molecule has 0 spiro atoms. The zero-order chi connectivity index (χ0) is 19.9. The summed E-state index contributed by atoms with van der Waals surface area (Å²) in [4.78, 5) is 16.6. The first-order valence-electron chi connectivity index (χ1n) is 9.23. The Morgan fingerprint density at radius 1 is 1.18 bits per heavy atom. The average Bonchev–Trinajstić information content (AvgIpc) is 3.20. The molecule has 3 rings (SSSR count). The number of benzene rings is 2. The van der Waals surface area contributed by atoms with E-state index in [0.29, 0.717) is 29.5 Å². The zero-order valence-electron chi connectivity index (χ0n) is 15.9. The lowest BCUT2D eigenvalue weighted by Crippen LogP contribution is -2.28. The molecule has 1 aromatic heterocycles. The van der Waals surface area contributed by atoms with Crippen molar-refractivity contribution in [1.29, 1.82) is 0 Å². The van der Waals surface area contributed by atoms with Crippen molar-refractivity contribution in [2.75, 3.05) is 7.11 Å². The summed E-state index contributed by atoms with van der Waals surface area (Å²) in [5, 5.41) is 3.74. The van der Waals surface area contributed by atoms with Crippen LogP contribution in [0, 0.1) is 0 Å². The summed E-state index contributed by atoms with van der Waals surface area (Å²) in [5.74, 6) is 1.97. The lowest BCUT2D eigenvalue weighted by Gasteiger charge is -2.17. The normalized spacial score (nSPS) is 11.8. The van der Waals surface area contributed by atoms with Crippen LogP contribution in [0.3, 0.4) is 0 Å². The van der Waals surface area contributed by atoms with Gasteiger partial charge in [0.1, 0.15) is 5.75 Å². The molecule has 28 heavy (non-hydrogen) atoms. The van der Waals surface area contributed by atoms with Gasteiger partial charge in [-0.15, -0.1) is 0 Å². The quantitative estimate of drug-likeness (QED) is 0.566. The van der Waals surface area contributed by atoms with Crippen LogP contribution in [0.15, 0.2) is 59.1 Å². The molecular weight excluding hydrogens is 376 g/mol. The van der Waals surface area contributed by atoms with Crippen molar-refractivity contribution >= 4 is 17.5 Å². The van der Waals surface area contributed by atoms with Crippen LogP contribution < -0.4 is 10.1 Å². The van der Waals surface area contributed by atoms with Gasteiger partial charge in [-0.1, -0.05) is 30.7 Å². The Bertz CT molecular complexity index is 904. The number of amides is 1. The van der Waals surface area contributed by atoms with Gasteiger partial charge in [-0.2, -0.15) is 0 Å². The molecule has 5 nitrogen and oxygen atoms in total. The van der Waals surface area contributed by atoms with Crippen LogP contribution in [0.1, 0.15) is 37.3 Å². The van der Waals surface area contributed by atoms with Crippen LogP contribution in [0.4, 0.5) is 0 Å². The predicted molar refractivity (Wildman–Crippen MR) is 109 cm³/mol. The van der Waals surface area contributed by atoms with Gasteiger partial charge in [-0.25, -0.2) is 4.98 Å². The second kappa shape index (κ2) is 9.42. The third kappa shape index (κ3) is 5.14. The molecule has 2 aromatic carbocycles. The van der Waals surface area contributed by atoms with Crippen molar-refractivity contribution in [3.8, 4) is 17.1 Å². The minimum Gasteiger partial charge on any atom is -0.497 e. The number of aromatic nitrogens is 1. The number of halogens is 1. The number of oxazole rings is 1. The SMILES string of the molecule is CCC(NC(=O)CCc1ncc(-c2ccc(Cl)cc2)o1)c1ccc(OC)cc1. The molecule has 1 heterocycles. The van der Waals surface area contributed by atoms with Crippen LogP contribution in [0.2, 0.25) is 5.02 Å². The fraction of sp³-hybridized carbons (Fsp3) is 0.273. The topological polar surface area (TPSA) is 64.4 Å². The Morgan fingerprint density at radius 3 is 2.54 bits per heavy atom. The molecule has 6 heteroatoms. The highest BCUT2D eigenvalue weighted by Crippen LogP contribution is 2.23. The molecule has 0 saturated heterocycles. The molecule has 3 aromatic rings. The van der Waals surface area contributed by atoms with Crippen molar-refractivity contribution < 1.29 is 13.9 Å². The lowest BCUT2D eigenvalue weighted by atomic mass is 10.0. The van der Waals surface area contributed by atoms with E-state index in [9.17, 15) is 4.79 Å².